The summed E-state index contributed by atoms with van der Waals surface area (Å²) in [5.41, 5.74) is 3.38. The van der Waals surface area contributed by atoms with E-state index in [9.17, 15) is 14.0 Å². The highest BCUT2D eigenvalue weighted by atomic mass is 19.1. The molecule has 2 aromatic carbocycles. The van der Waals surface area contributed by atoms with Crippen LogP contribution >= 0.6 is 0 Å². The quantitative estimate of drug-likeness (QED) is 0.425. The van der Waals surface area contributed by atoms with E-state index in [0.717, 1.165) is 23.3 Å². The smallest absolute Gasteiger partial charge is 0.228 e. The first-order valence-corrected chi connectivity index (χ1v) is 11.8. The van der Waals surface area contributed by atoms with Gasteiger partial charge in [-0.25, -0.2) is 14.1 Å². The molecule has 36 heavy (non-hydrogen) atoms. The fourth-order valence-electron chi connectivity index (χ4n) is 4.47. The van der Waals surface area contributed by atoms with Gasteiger partial charge in [0.25, 0.3) is 0 Å². The molecular formula is C27H26FN5O3. The highest BCUT2D eigenvalue weighted by Crippen LogP contribution is 2.37. The minimum atomic E-state index is -0.421. The van der Waals surface area contributed by atoms with Crippen LogP contribution in [0.2, 0.25) is 0 Å². The van der Waals surface area contributed by atoms with Gasteiger partial charge in [0, 0.05) is 38.2 Å². The lowest BCUT2D eigenvalue weighted by atomic mass is 10.0. The topological polar surface area (TPSA) is 89.4 Å². The second-order valence-electron chi connectivity index (χ2n) is 8.75. The Bertz CT molecular complexity index is 1450. The Hall–Kier alpha value is -4.27. The maximum absolute atomic E-state index is 14.9. The Morgan fingerprint density at radius 3 is 2.64 bits per heavy atom. The van der Waals surface area contributed by atoms with E-state index in [0.29, 0.717) is 47.5 Å². The number of pyridine rings is 1. The van der Waals surface area contributed by atoms with Crippen LogP contribution < -0.4 is 15.0 Å². The van der Waals surface area contributed by atoms with Crippen molar-refractivity contribution in [1.29, 1.82) is 0 Å². The average molecular weight is 488 g/mol. The van der Waals surface area contributed by atoms with Gasteiger partial charge in [-0.3, -0.25) is 14.5 Å². The molecule has 0 atom stereocenters. The lowest BCUT2D eigenvalue weighted by Crippen LogP contribution is -2.24. The number of nitrogens with zero attached hydrogens (tertiary/aromatic N) is 4. The van der Waals surface area contributed by atoms with Crippen molar-refractivity contribution >= 4 is 28.7 Å². The van der Waals surface area contributed by atoms with E-state index in [2.05, 4.69) is 10.3 Å². The van der Waals surface area contributed by atoms with Crippen LogP contribution in [0, 0.1) is 5.82 Å². The Morgan fingerprint density at radius 1 is 1.17 bits per heavy atom. The number of ether oxygens (including phenoxy) is 1. The number of aromatic nitrogens is 3. The predicted molar refractivity (Wildman–Crippen MR) is 134 cm³/mol. The molecule has 2 amide bonds. The minimum Gasteiger partial charge on any atom is -0.497 e. The molecule has 0 radical (unpaired) electrons. The molecule has 3 heterocycles. The fourth-order valence-corrected chi connectivity index (χ4v) is 4.47. The second-order valence-corrected chi connectivity index (χ2v) is 8.75. The maximum atomic E-state index is 14.9. The summed E-state index contributed by atoms with van der Waals surface area (Å²) in [6.07, 6.45) is 2.89. The summed E-state index contributed by atoms with van der Waals surface area (Å²) in [6, 6.07) is 14.4. The van der Waals surface area contributed by atoms with E-state index in [1.165, 1.54) is 13.0 Å². The van der Waals surface area contributed by atoms with Crippen LogP contribution in [0.15, 0.2) is 54.7 Å². The molecule has 1 fully saturated rings. The Balaban J connectivity index is 1.61. The van der Waals surface area contributed by atoms with Gasteiger partial charge in [0.2, 0.25) is 11.8 Å². The van der Waals surface area contributed by atoms with Crippen LogP contribution in [0.3, 0.4) is 0 Å². The van der Waals surface area contributed by atoms with E-state index < -0.39 is 5.82 Å². The number of hydrogen-bond donors (Lipinski definition) is 1. The Kier molecular flexibility index (Phi) is 6.37. The maximum Gasteiger partial charge on any atom is 0.228 e. The van der Waals surface area contributed by atoms with Gasteiger partial charge in [0.15, 0.2) is 11.5 Å². The number of amides is 2. The van der Waals surface area contributed by atoms with Crippen molar-refractivity contribution in [3.8, 4) is 16.9 Å². The molecular weight excluding hydrogens is 461 g/mol. The first-order chi connectivity index (χ1) is 17.4. The largest absolute Gasteiger partial charge is 0.497 e. The molecule has 0 saturated carbocycles. The van der Waals surface area contributed by atoms with E-state index in [4.69, 9.17) is 9.84 Å². The van der Waals surface area contributed by atoms with Crippen LogP contribution in [0.5, 0.6) is 5.75 Å². The molecule has 2 aromatic heterocycles. The van der Waals surface area contributed by atoms with Crippen molar-refractivity contribution < 1.29 is 18.7 Å². The SMILES string of the molecule is COc1ccc(Cn2nc(N3CCCC3=O)c3c(-c4ccc(CNC(C)=O)c(F)c4)ccnc32)cc1. The zero-order valence-corrected chi connectivity index (χ0v) is 20.1. The standard InChI is InChI=1S/C27H26FN5O3/c1-17(34)30-15-20-8-7-19(14-23(20)28)22-11-12-29-26-25(22)27(32-13-3-4-24(32)35)31-33(26)16-18-5-9-21(36-2)10-6-18/h5-12,14H,3-4,13,15-16H2,1-2H3,(H,30,34). The number of anilines is 1. The minimum absolute atomic E-state index is 0.0117. The second kappa shape index (κ2) is 9.77. The molecule has 4 aromatic rings. The predicted octanol–water partition coefficient (Wildman–Crippen LogP) is 4.06. The van der Waals surface area contributed by atoms with Crippen molar-refractivity contribution in [2.45, 2.75) is 32.9 Å². The molecule has 1 aliphatic heterocycles. The van der Waals surface area contributed by atoms with Crippen LogP contribution in [0.4, 0.5) is 10.2 Å². The lowest BCUT2D eigenvalue weighted by molar-refractivity contribution is -0.119. The van der Waals surface area contributed by atoms with Crippen LogP contribution in [0.1, 0.15) is 30.9 Å². The number of carbonyl (C=O) groups is 2. The highest BCUT2D eigenvalue weighted by Gasteiger charge is 2.28. The molecule has 1 N–H and O–H groups in total. The number of rotatable bonds is 7. The zero-order chi connectivity index (χ0) is 25.2. The van der Waals surface area contributed by atoms with Gasteiger partial charge in [-0.1, -0.05) is 24.3 Å². The van der Waals surface area contributed by atoms with Crippen LogP contribution in [0.25, 0.3) is 22.2 Å². The molecule has 0 aliphatic carbocycles. The Labute approximate surface area is 207 Å². The number of halogens is 1. The van der Waals surface area contributed by atoms with Crippen molar-refractivity contribution in [2.75, 3.05) is 18.6 Å². The summed E-state index contributed by atoms with van der Waals surface area (Å²) in [5, 5.41) is 8.15. The number of hydrogen-bond acceptors (Lipinski definition) is 5. The van der Waals surface area contributed by atoms with Crippen molar-refractivity contribution in [3.05, 3.63) is 71.7 Å². The third kappa shape index (κ3) is 4.51. The number of benzene rings is 2. The molecule has 5 rings (SSSR count). The van der Waals surface area contributed by atoms with Crippen LogP contribution in [-0.2, 0) is 22.7 Å². The summed E-state index contributed by atoms with van der Waals surface area (Å²) in [6.45, 7) is 2.53. The van der Waals surface area contributed by atoms with E-state index in [1.54, 1.807) is 29.0 Å². The molecule has 1 aliphatic rings. The summed E-state index contributed by atoms with van der Waals surface area (Å²) < 4.78 is 22.0. The number of nitrogens with one attached hydrogen (secondary N) is 1. The molecule has 0 spiro atoms. The van der Waals surface area contributed by atoms with Gasteiger partial charge in [0.1, 0.15) is 11.6 Å². The van der Waals surface area contributed by atoms with E-state index in [1.807, 2.05) is 36.4 Å². The zero-order valence-electron chi connectivity index (χ0n) is 20.1. The van der Waals surface area contributed by atoms with Crippen molar-refractivity contribution in [3.63, 3.8) is 0 Å². The summed E-state index contributed by atoms with van der Waals surface area (Å²) in [5.74, 6) is 0.662. The van der Waals surface area contributed by atoms with Gasteiger partial charge in [-0.05, 0) is 47.4 Å². The fraction of sp³-hybridized carbons (Fsp3) is 0.259. The monoisotopic (exact) mass is 487 g/mol. The molecule has 0 unspecified atom stereocenters. The molecule has 184 valence electrons. The number of methoxy groups -OCH3 is 1. The number of fused-ring (bicyclic) bond motifs is 1. The summed E-state index contributed by atoms with van der Waals surface area (Å²) >= 11 is 0. The van der Waals surface area contributed by atoms with Gasteiger partial charge < -0.3 is 10.1 Å². The van der Waals surface area contributed by atoms with Gasteiger partial charge >= 0.3 is 0 Å². The van der Waals surface area contributed by atoms with E-state index in [-0.39, 0.29) is 18.4 Å². The molecule has 9 heteroatoms. The molecule has 1 saturated heterocycles. The van der Waals surface area contributed by atoms with Gasteiger partial charge in [-0.2, -0.15) is 5.10 Å². The molecule has 8 nitrogen and oxygen atoms in total. The third-order valence-corrected chi connectivity index (χ3v) is 6.33. The van der Waals surface area contributed by atoms with E-state index >= 15 is 0 Å². The third-order valence-electron chi connectivity index (χ3n) is 6.33. The van der Waals surface area contributed by atoms with Gasteiger partial charge in [0.05, 0.1) is 19.0 Å². The number of carbonyl (C=O) groups excluding carboxylic acids is 2. The Morgan fingerprint density at radius 2 is 1.97 bits per heavy atom. The first kappa shape index (κ1) is 23.5. The van der Waals surface area contributed by atoms with Gasteiger partial charge in [-0.15, -0.1) is 0 Å². The summed E-state index contributed by atoms with van der Waals surface area (Å²) in [4.78, 5) is 30.2. The van der Waals surface area contributed by atoms with Crippen molar-refractivity contribution in [2.24, 2.45) is 0 Å². The summed E-state index contributed by atoms with van der Waals surface area (Å²) in [7, 11) is 1.62. The average Bonchev–Trinajstić information content (AvgIpc) is 3.46. The lowest BCUT2D eigenvalue weighted by Gasteiger charge is -2.14. The molecule has 0 bridgehead atoms. The van der Waals surface area contributed by atoms with Crippen LogP contribution in [-0.4, -0.2) is 40.2 Å². The first-order valence-electron chi connectivity index (χ1n) is 11.8. The van der Waals surface area contributed by atoms with Crippen molar-refractivity contribution in [1.82, 2.24) is 20.1 Å². The normalized spacial score (nSPS) is 13.4. The highest BCUT2D eigenvalue weighted by molar-refractivity contribution is 6.07.